The van der Waals surface area contributed by atoms with Crippen LogP contribution < -0.4 is 0 Å². The molecule has 20 heavy (non-hydrogen) atoms. The van der Waals surface area contributed by atoms with Crippen molar-refractivity contribution in [2.75, 3.05) is 0 Å². The zero-order valence-corrected chi connectivity index (χ0v) is 9.35. The van der Waals surface area contributed by atoms with Crippen LogP contribution in [0.1, 0.15) is 21.0 Å². The molecular weight excluding hydrogens is 283 g/mol. The maximum Gasteiger partial charge on any atom is 0.374 e. The number of rotatable bonds is 3. The topological polar surface area (TPSA) is 101 Å². The summed E-state index contributed by atoms with van der Waals surface area (Å²) in [6, 6.07) is 0.646. The fraction of sp³-hybridized carbons (Fsp3) is 0. The first kappa shape index (κ1) is 13.6. The van der Waals surface area contributed by atoms with E-state index in [4.69, 9.17) is 10.2 Å². The molecule has 0 saturated heterocycles. The third-order valence-electron chi connectivity index (χ3n) is 2.24. The highest BCUT2D eigenvalue weighted by Crippen LogP contribution is 2.28. The Balaban J connectivity index is 2.69. The van der Waals surface area contributed by atoms with Gasteiger partial charge in [-0.1, -0.05) is 0 Å². The van der Waals surface area contributed by atoms with Crippen molar-refractivity contribution in [2.45, 2.75) is 0 Å². The van der Waals surface area contributed by atoms with E-state index in [0.717, 1.165) is 0 Å². The first-order valence-corrected chi connectivity index (χ1v) is 4.93. The molecule has 2 aromatic rings. The molecule has 0 aliphatic carbocycles. The van der Waals surface area contributed by atoms with Crippen LogP contribution in [0.5, 0.6) is 0 Å². The van der Waals surface area contributed by atoms with Crippen molar-refractivity contribution in [3.05, 3.63) is 41.0 Å². The second kappa shape index (κ2) is 4.68. The van der Waals surface area contributed by atoms with E-state index in [-0.39, 0.29) is 0 Å². The lowest BCUT2D eigenvalue weighted by Gasteiger charge is -2.00. The molecule has 0 radical (unpaired) electrons. The molecule has 9 heteroatoms. The smallest absolute Gasteiger partial charge is 0.374 e. The number of hydrogen-bond donors (Lipinski definition) is 2. The SMILES string of the molecule is O=C(O)c1nc(-c2c(F)cc(F)cc2F)oc1C(=O)O. The summed E-state index contributed by atoms with van der Waals surface area (Å²) in [5.41, 5.74) is -1.97. The van der Waals surface area contributed by atoms with E-state index in [0.29, 0.717) is 12.1 Å². The number of nitrogens with zero attached hydrogens (tertiary/aromatic N) is 1. The standard InChI is InChI=1S/C11H4F3NO5/c12-3-1-4(13)6(5(14)2-3)9-15-7(10(16)17)8(20-9)11(18)19/h1-2H,(H,16,17)(H,18,19). The van der Waals surface area contributed by atoms with Gasteiger partial charge in [0.25, 0.3) is 0 Å². The molecule has 104 valence electrons. The maximum atomic E-state index is 13.5. The maximum absolute atomic E-state index is 13.5. The first-order valence-electron chi connectivity index (χ1n) is 4.93. The largest absolute Gasteiger partial charge is 0.476 e. The van der Waals surface area contributed by atoms with Crippen LogP contribution in [0.4, 0.5) is 13.2 Å². The summed E-state index contributed by atoms with van der Waals surface area (Å²) in [6.07, 6.45) is 0. The highest BCUT2D eigenvalue weighted by molar-refractivity contribution is 5.98. The molecule has 0 spiro atoms. The molecule has 1 heterocycles. The van der Waals surface area contributed by atoms with Gasteiger partial charge in [0, 0.05) is 12.1 Å². The lowest BCUT2D eigenvalue weighted by molar-refractivity contribution is 0.0624. The van der Waals surface area contributed by atoms with E-state index >= 15 is 0 Å². The normalized spacial score (nSPS) is 10.6. The van der Waals surface area contributed by atoms with Crippen LogP contribution in [0.15, 0.2) is 16.5 Å². The molecule has 0 amide bonds. The fourth-order valence-electron chi connectivity index (χ4n) is 1.46. The lowest BCUT2D eigenvalue weighted by atomic mass is 10.2. The van der Waals surface area contributed by atoms with Crippen LogP contribution in [-0.4, -0.2) is 27.1 Å². The second-order valence-corrected chi connectivity index (χ2v) is 3.55. The van der Waals surface area contributed by atoms with E-state index in [1.807, 2.05) is 0 Å². The van der Waals surface area contributed by atoms with Crippen molar-refractivity contribution < 1.29 is 37.4 Å². The quantitative estimate of drug-likeness (QED) is 0.897. The van der Waals surface area contributed by atoms with Crippen molar-refractivity contribution in [3.63, 3.8) is 0 Å². The van der Waals surface area contributed by atoms with Gasteiger partial charge in [-0.25, -0.2) is 27.7 Å². The number of carboxylic acids is 2. The first-order chi connectivity index (χ1) is 9.31. The van der Waals surface area contributed by atoms with Crippen LogP contribution in [0.3, 0.4) is 0 Å². The van der Waals surface area contributed by atoms with E-state index < -0.39 is 52.3 Å². The van der Waals surface area contributed by atoms with Crippen LogP contribution in [0.25, 0.3) is 11.5 Å². The Kier molecular flexibility index (Phi) is 3.18. The van der Waals surface area contributed by atoms with Gasteiger partial charge in [0.2, 0.25) is 17.3 Å². The van der Waals surface area contributed by atoms with Gasteiger partial charge in [0.1, 0.15) is 23.0 Å². The van der Waals surface area contributed by atoms with Crippen molar-refractivity contribution in [1.29, 1.82) is 0 Å². The van der Waals surface area contributed by atoms with Crippen LogP contribution in [-0.2, 0) is 0 Å². The third-order valence-corrected chi connectivity index (χ3v) is 2.24. The molecule has 0 aliphatic heterocycles. The van der Waals surface area contributed by atoms with Crippen LogP contribution >= 0.6 is 0 Å². The predicted molar refractivity (Wildman–Crippen MR) is 55.7 cm³/mol. The highest BCUT2D eigenvalue weighted by atomic mass is 19.1. The Morgan fingerprint density at radius 1 is 1.05 bits per heavy atom. The summed E-state index contributed by atoms with van der Waals surface area (Å²) >= 11 is 0. The molecule has 0 atom stereocenters. The molecule has 1 aromatic carbocycles. The second-order valence-electron chi connectivity index (χ2n) is 3.55. The van der Waals surface area contributed by atoms with Gasteiger partial charge in [-0.15, -0.1) is 0 Å². The minimum absolute atomic E-state index is 0.323. The molecule has 2 rings (SSSR count). The molecule has 0 fully saturated rings. The summed E-state index contributed by atoms with van der Waals surface area (Å²) in [6.45, 7) is 0. The van der Waals surface area contributed by atoms with Gasteiger partial charge < -0.3 is 14.6 Å². The number of halogens is 3. The molecule has 6 nitrogen and oxygen atoms in total. The van der Waals surface area contributed by atoms with E-state index in [2.05, 4.69) is 9.40 Å². The summed E-state index contributed by atoms with van der Waals surface area (Å²) < 4.78 is 44.2. The number of aromatic nitrogens is 1. The van der Waals surface area contributed by atoms with Crippen LogP contribution in [0, 0.1) is 17.5 Å². The van der Waals surface area contributed by atoms with Crippen molar-refractivity contribution in [3.8, 4) is 11.5 Å². The molecular formula is C11H4F3NO5. The Bertz CT molecular complexity index is 670. The minimum Gasteiger partial charge on any atom is -0.476 e. The van der Waals surface area contributed by atoms with Crippen molar-refractivity contribution in [2.24, 2.45) is 0 Å². The third kappa shape index (κ3) is 2.20. The summed E-state index contributed by atoms with van der Waals surface area (Å²) in [4.78, 5) is 24.7. The Labute approximate surface area is 108 Å². The van der Waals surface area contributed by atoms with E-state index in [9.17, 15) is 22.8 Å². The van der Waals surface area contributed by atoms with Crippen molar-refractivity contribution >= 4 is 11.9 Å². The molecule has 2 N–H and O–H groups in total. The Hall–Kier alpha value is -2.84. The van der Waals surface area contributed by atoms with Gasteiger partial charge in [-0.3, -0.25) is 0 Å². The Morgan fingerprint density at radius 2 is 1.60 bits per heavy atom. The van der Waals surface area contributed by atoms with Gasteiger partial charge in [0.15, 0.2) is 0 Å². The molecule has 0 saturated carbocycles. The number of oxazole rings is 1. The zero-order valence-electron chi connectivity index (χ0n) is 9.35. The van der Waals surface area contributed by atoms with Crippen LogP contribution in [0.2, 0.25) is 0 Å². The number of benzene rings is 1. The predicted octanol–water partition coefficient (Wildman–Crippen LogP) is 2.16. The van der Waals surface area contributed by atoms with Gasteiger partial charge >= 0.3 is 11.9 Å². The highest BCUT2D eigenvalue weighted by Gasteiger charge is 2.28. The van der Waals surface area contributed by atoms with E-state index in [1.54, 1.807) is 0 Å². The van der Waals surface area contributed by atoms with E-state index in [1.165, 1.54) is 0 Å². The molecule has 0 bridgehead atoms. The number of carboxylic acid groups (broad SMARTS) is 2. The molecule has 1 aromatic heterocycles. The fourth-order valence-corrected chi connectivity index (χ4v) is 1.46. The lowest BCUT2D eigenvalue weighted by Crippen LogP contribution is -2.05. The number of carbonyl (C=O) groups is 2. The summed E-state index contributed by atoms with van der Waals surface area (Å²) in [5.74, 6) is -9.53. The summed E-state index contributed by atoms with van der Waals surface area (Å²) in [5, 5.41) is 17.4. The number of hydrogen-bond acceptors (Lipinski definition) is 4. The zero-order chi connectivity index (χ0) is 15.0. The van der Waals surface area contributed by atoms with Crippen molar-refractivity contribution in [1.82, 2.24) is 4.98 Å². The molecule has 0 aliphatic rings. The average Bonchev–Trinajstić information content (AvgIpc) is 2.72. The van der Waals surface area contributed by atoms with Gasteiger partial charge in [0.05, 0.1) is 0 Å². The monoisotopic (exact) mass is 287 g/mol. The Morgan fingerprint density at radius 3 is 2.00 bits per heavy atom. The minimum atomic E-state index is -1.77. The van der Waals surface area contributed by atoms with Gasteiger partial charge in [-0.2, -0.15) is 0 Å². The number of aromatic carboxylic acids is 2. The average molecular weight is 287 g/mol. The molecule has 0 unspecified atom stereocenters. The summed E-state index contributed by atoms with van der Waals surface area (Å²) in [7, 11) is 0. The van der Waals surface area contributed by atoms with Gasteiger partial charge in [-0.05, 0) is 0 Å².